The Hall–Kier alpha value is -1.11. The maximum absolute atomic E-state index is 6.22. The van der Waals surface area contributed by atoms with Crippen molar-refractivity contribution in [3.05, 3.63) is 35.9 Å². The number of fused-ring (bicyclic) bond motifs is 2. The molecule has 2 saturated heterocycles. The molecule has 2 aromatic rings. The van der Waals surface area contributed by atoms with Crippen LogP contribution in [0.15, 0.2) is 35.4 Å². The van der Waals surface area contributed by atoms with E-state index in [2.05, 4.69) is 37.9 Å². The molecule has 116 valence electrons. The summed E-state index contributed by atoms with van der Waals surface area (Å²) < 4.78 is 15.0. The van der Waals surface area contributed by atoms with Crippen molar-refractivity contribution in [2.45, 2.75) is 29.7 Å². The van der Waals surface area contributed by atoms with E-state index in [1.165, 1.54) is 43.2 Å². The Kier molecular flexibility index (Phi) is 4.32. The first-order chi connectivity index (χ1) is 10.9. The summed E-state index contributed by atoms with van der Waals surface area (Å²) in [5.74, 6) is 2.31. The third-order valence-electron chi connectivity index (χ3n) is 4.42. The number of hydrogen-bond donors (Lipinski definition) is 0. The van der Waals surface area contributed by atoms with Gasteiger partial charge in [0.25, 0.3) is 5.88 Å². The fraction of sp³-hybridized carbons (Fsp3) is 0.500. The number of thioether (sulfide) groups is 1. The molecular formula is C16H19N3OS2. The minimum Gasteiger partial charge on any atom is -0.470 e. The van der Waals surface area contributed by atoms with Crippen LogP contribution < -0.4 is 4.74 Å². The molecule has 0 aliphatic carbocycles. The highest BCUT2D eigenvalue weighted by atomic mass is 32.2. The van der Waals surface area contributed by atoms with E-state index < -0.39 is 0 Å². The van der Waals surface area contributed by atoms with Gasteiger partial charge in [-0.25, -0.2) is 0 Å². The van der Waals surface area contributed by atoms with Crippen LogP contribution in [-0.4, -0.2) is 39.4 Å². The Morgan fingerprint density at radius 3 is 3.00 bits per heavy atom. The number of ether oxygens (including phenoxy) is 1. The number of piperidine rings is 1. The van der Waals surface area contributed by atoms with Crippen molar-refractivity contribution < 1.29 is 4.74 Å². The van der Waals surface area contributed by atoms with Crippen LogP contribution in [0.3, 0.4) is 0 Å². The average molecular weight is 333 g/mol. The van der Waals surface area contributed by atoms with Crippen LogP contribution in [-0.2, 0) is 5.75 Å². The summed E-state index contributed by atoms with van der Waals surface area (Å²) >= 11 is 2.96. The Bertz CT molecular complexity index is 619. The molecule has 0 amide bonds. The number of rotatable bonds is 5. The molecule has 4 rings (SSSR count). The van der Waals surface area contributed by atoms with E-state index in [0.29, 0.717) is 12.0 Å². The molecule has 3 heterocycles. The summed E-state index contributed by atoms with van der Waals surface area (Å²) in [7, 11) is 0. The van der Waals surface area contributed by atoms with E-state index >= 15 is 0 Å². The summed E-state index contributed by atoms with van der Waals surface area (Å²) in [5.41, 5.74) is 1.30. The van der Waals surface area contributed by atoms with Gasteiger partial charge in [-0.2, -0.15) is 4.37 Å². The standard InChI is InChI=1S/C16H19N3OS2/c1-2-5-12(6-3-1)11-21-16-15(17-22-18-16)20-14-10-19-8-4-7-13(14)9-19/h1-3,5-6,13-14H,4,7-11H2. The molecule has 2 bridgehead atoms. The lowest BCUT2D eigenvalue weighted by molar-refractivity contribution is 0.160. The second-order valence-corrected chi connectivity index (χ2v) is 7.46. The van der Waals surface area contributed by atoms with E-state index in [0.717, 1.165) is 23.2 Å². The van der Waals surface area contributed by atoms with Crippen molar-refractivity contribution in [1.29, 1.82) is 0 Å². The van der Waals surface area contributed by atoms with Gasteiger partial charge in [0.2, 0.25) is 0 Å². The maximum atomic E-state index is 6.22. The van der Waals surface area contributed by atoms with Crippen LogP contribution in [0.1, 0.15) is 18.4 Å². The van der Waals surface area contributed by atoms with E-state index in [9.17, 15) is 0 Å². The smallest absolute Gasteiger partial charge is 0.260 e. The highest BCUT2D eigenvalue weighted by Crippen LogP contribution is 2.34. The van der Waals surface area contributed by atoms with E-state index in [4.69, 9.17) is 4.74 Å². The van der Waals surface area contributed by atoms with E-state index in [1.807, 2.05) is 6.07 Å². The van der Waals surface area contributed by atoms with Crippen molar-refractivity contribution in [1.82, 2.24) is 13.6 Å². The van der Waals surface area contributed by atoms with Crippen molar-refractivity contribution in [2.75, 3.05) is 19.6 Å². The molecule has 1 aromatic heterocycles. The summed E-state index contributed by atoms with van der Waals surface area (Å²) in [6.45, 7) is 3.46. The molecule has 6 heteroatoms. The number of benzene rings is 1. The number of hydrogen-bond acceptors (Lipinski definition) is 6. The van der Waals surface area contributed by atoms with Crippen LogP contribution >= 0.6 is 23.5 Å². The van der Waals surface area contributed by atoms with Crippen molar-refractivity contribution >= 4 is 23.5 Å². The summed E-state index contributed by atoms with van der Waals surface area (Å²) in [6, 6.07) is 10.5. The molecule has 2 aliphatic rings. The Labute approximate surface area is 139 Å². The molecule has 3 unspecified atom stereocenters. The van der Waals surface area contributed by atoms with Crippen molar-refractivity contribution in [2.24, 2.45) is 5.92 Å². The zero-order valence-corrected chi connectivity index (χ0v) is 14.0. The third kappa shape index (κ3) is 3.14. The van der Waals surface area contributed by atoms with Crippen LogP contribution in [0.25, 0.3) is 0 Å². The minimum atomic E-state index is 0.294. The molecule has 3 atom stereocenters. The monoisotopic (exact) mass is 333 g/mol. The predicted molar refractivity (Wildman–Crippen MR) is 89.5 cm³/mol. The largest absolute Gasteiger partial charge is 0.470 e. The molecule has 2 aliphatic heterocycles. The first kappa shape index (κ1) is 14.5. The Morgan fingerprint density at radius 2 is 2.14 bits per heavy atom. The van der Waals surface area contributed by atoms with Crippen LogP contribution in [0.4, 0.5) is 0 Å². The second-order valence-electron chi connectivity index (χ2n) is 5.97. The highest BCUT2D eigenvalue weighted by Gasteiger charge is 2.37. The molecule has 2 fully saturated rings. The van der Waals surface area contributed by atoms with Gasteiger partial charge in [-0.05, 0) is 24.9 Å². The third-order valence-corrected chi connectivity index (χ3v) is 6.06. The number of aromatic nitrogens is 2. The topological polar surface area (TPSA) is 38.3 Å². The fourth-order valence-corrected chi connectivity index (χ4v) is 4.78. The average Bonchev–Trinajstić information content (AvgIpc) is 3.11. The lowest BCUT2D eigenvalue weighted by Crippen LogP contribution is -2.26. The minimum absolute atomic E-state index is 0.294. The second kappa shape index (κ2) is 6.56. The lowest BCUT2D eigenvalue weighted by atomic mass is 9.99. The molecule has 0 radical (unpaired) electrons. The SMILES string of the molecule is c1ccc(CSc2nsnc2OC2CN3CCCC2C3)cc1. The first-order valence-corrected chi connectivity index (χ1v) is 9.48. The van der Waals surface area contributed by atoms with E-state index in [-0.39, 0.29) is 0 Å². The van der Waals surface area contributed by atoms with Gasteiger partial charge < -0.3 is 4.74 Å². The van der Waals surface area contributed by atoms with E-state index in [1.54, 1.807) is 11.8 Å². The van der Waals surface area contributed by atoms with Gasteiger partial charge in [0.15, 0.2) is 5.03 Å². The normalized spacial score (nSPS) is 27.0. The predicted octanol–water partition coefficient (Wildman–Crippen LogP) is 3.30. The quantitative estimate of drug-likeness (QED) is 0.785. The summed E-state index contributed by atoms with van der Waals surface area (Å²) in [5, 5.41) is 0.935. The number of nitrogens with zero attached hydrogens (tertiary/aromatic N) is 3. The Morgan fingerprint density at radius 1 is 1.23 bits per heavy atom. The van der Waals surface area contributed by atoms with Gasteiger partial charge in [-0.1, -0.05) is 42.1 Å². The van der Waals surface area contributed by atoms with Gasteiger partial charge in [0.1, 0.15) is 6.10 Å². The van der Waals surface area contributed by atoms with Gasteiger partial charge in [-0.3, -0.25) is 4.90 Å². The molecule has 0 spiro atoms. The molecule has 0 saturated carbocycles. The zero-order valence-electron chi connectivity index (χ0n) is 12.4. The van der Waals surface area contributed by atoms with Crippen LogP contribution in [0.5, 0.6) is 5.88 Å². The van der Waals surface area contributed by atoms with Gasteiger partial charge >= 0.3 is 0 Å². The van der Waals surface area contributed by atoms with Crippen molar-refractivity contribution in [3.8, 4) is 5.88 Å². The zero-order chi connectivity index (χ0) is 14.8. The molecular weight excluding hydrogens is 314 g/mol. The first-order valence-electron chi connectivity index (χ1n) is 7.77. The van der Waals surface area contributed by atoms with Crippen molar-refractivity contribution in [3.63, 3.8) is 0 Å². The van der Waals surface area contributed by atoms with Gasteiger partial charge in [0.05, 0.1) is 11.7 Å². The molecule has 1 aromatic carbocycles. The maximum Gasteiger partial charge on any atom is 0.260 e. The molecule has 4 nitrogen and oxygen atoms in total. The lowest BCUT2D eigenvalue weighted by Gasteiger charge is -2.21. The molecule has 22 heavy (non-hydrogen) atoms. The van der Waals surface area contributed by atoms with Gasteiger partial charge in [-0.15, -0.1) is 4.37 Å². The molecule has 0 N–H and O–H groups in total. The fourth-order valence-electron chi connectivity index (χ4n) is 3.30. The Balaban J connectivity index is 1.40. The van der Waals surface area contributed by atoms with Crippen LogP contribution in [0.2, 0.25) is 0 Å². The highest BCUT2D eigenvalue weighted by molar-refractivity contribution is 7.98. The van der Waals surface area contributed by atoms with Gasteiger partial charge in [0, 0.05) is 24.8 Å². The summed E-state index contributed by atoms with van der Waals surface area (Å²) in [6.07, 6.45) is 2.88. The summed E-state index contributed by atoms with van der Waals surface area (Å²) in [4.78, 5) is 2.51. The van der Waals surface area contributed by atoms with Crippen LogP contribution in [0, 0.1) is 5.92 Å².